The van der Waals surface area contributed by atoms with E-state index in [0.29, 0.717) is 17.5 Å². The van der Waals surface area contributed by atoms with Crippen LogP contribution in [0.15, 0.2) is 12.2 Å². The Kier molecular flexibility index (Phi) is 4.61. The van der Waals surface area contributed by atoms with Crippen molar-refractivity contribution in [3.8, 4) is 0 Å². The average molecular weight is 288 g/mol. The maximum absolute atomic E-state index is 13.0. The minimum atomic E-state index is -0.0840. The molecule has 0 bridgehead atoms. The average Bonchev–Trinajstić information content (AvgIpc) is 2.53. The topological polar surface area (TPSA) is 34.1 Å². The first kappa shape index (κ1) is 15.0. The molecule has 5 atom stereocenters. The Balaban J connectivity index is 1.79. The van der Waals surface area contributed by atoms with Gasteiger partial charge in [-0.25, -0.2) is 0 Å². The zero-order valence-electron chi connectivity index (χ0n) is 13.2. The normalized spacial score (nSPS) is 39.0. The van der Waals surface area contributed by atoms with Gasteiger partial charge >= 0.3 is 0 Å². The van der Waals surface area contributed by atoms with Crippen LogP contribution in [-0.2, 0) is 9.59 Å². The van der Waals surface area contributed by atoms with Crippen molar-refractivity contribution < 1.29 is 9.59 Å². The predicted molar refractivity (Wildman–Crippen MR) is 83.8 cm³/mol. The summed E-state index contributed by atoms with van der Waals surface area (Å²) in [6.07, 6.45) is 14.1. The molecule has 2 nitrogen and oxygen atoms in total. The summed E-state index contributed by atoms with van der Waals surface area (Å²) >= 11 is 0. The van der Waals surface area contributed by atoms with Gasteiger partial charge in [0.15, 0.2) is 0 Å². The Morgan fingerprint density at radius 3 is 2.71 bits per heavy atom. The van der Waals surface area contributed by atoms with E-state index >= 15 is 0 Å². The van der Waals surface area contributed by atoms with E-state index in [9.17, 15) is 9.59 Å². The summed E-state index contributed by atoms with van der Waals surface area (Å²) in [7, 11) is 0. The number of carbonyl (C=O) groups is 2. The number of fused-ring (bicyclic) bond motifs is 2. The molecule has 0 amide bonds. The van der Waals surface area contributed by atoms with Gasteiger partial charge in [0.2, 0.25) is 0 Å². The van der Waals surface area contributed by atoms with Crippen LogP contribution in [0.3, 0.4) is 0 Å². The highest BCUT2D eigenvalue weighted by Gasteiger charge is 2.51. The van der Waals surface area contributed by atoms with E-state index in [0.717, 1.165) is 38.5 Å². The number of allylic oxidation sites excluding steroid dienone is 2. The SMILES string of the molecule is CCCCCC1CCCC2C(=O)C3CCC=CC3C(=O)C12. The van der Waals surface area contributed by atoms with Gasteiger partial charge in [-0.3, -0.25) is 9.59 Å². The van der Waals surface area contributed by atoms with Gasteiger partial charge in [0, 0.05) is 23.7 Å². The van der Waals surface area contributed by atoms with Crippen molar-refractivity contribution in [3.63, 3.8) is 0 Å². The van der Waals surface area contributed by atoms with Crippen molar-refractivity contribution in [3.05, 3.63) is 12.2 Å². The van der Waals surface area contributed by atoms with Crippen LogP contribution >= 0.6 is 0 Å². The number of rotatable bonds is 4. The quantitative estimate of drug-likeness (QED) is 0.570. The van der Waals surface area contributed by atoms with Gasteiger partial charge in [-0.2, -0.15) is 0 Å². The lowest BCUT2D eigenvalue weighted by atomic mass is 9.56. The van der Waals surface area contributed by atoms with E-state index in [-0.39, 0.29) is 23.7 Å². The number of ketones is 2. The second-order valence-corrected chi connectivity index (χ2v) is 7.26. The number of Topliss-reactive ketones (excluding diaryl/α,β-unsaturated/α-hetero) is 2. The molecule has 21 heavy (non-hydrogen) atoms. The molecule has 0 radical (unpaired) electrons. The van der Waals surface area contributed by atoms with Crippen LogP contribution in [0, 0.1) is 29.6 Å². The monoisotopic (exact) mass is 288 g/mol. The molecule has 5 unspecified atom stereocenters. The fourth-order valence-corrected chi connectivity index (χ4v) is 4.96. The third-order valence-electron chi connectivity index (χ3n) is 6.02. The lowest BCUT2D eigenvalue weighted by Crippen LogP contribution is -2.51. The van der Waals surface area contributed by atoms with Crippen LogP contribution < -0.4 is 0 Å². The molecular weight excluding hydrogens is 260 g/mol. The highest BCUT2D eigenvalue weighted by atomic mass is 16.1. The predicted octanol–water partition coefficient (Wildman–Crippen LogP) is 4.33. The van der Waals surface area contributed by atoms with E-state index in [1.165, 1.54) is 19.3 Å². The Labute approximate surface area is 128 Å². The van der Waals surface area contributed by atoms with Gasteiger partial charge in [-0.05, 0) is 38.0 Å². The maximum Gasteiger partial charge on any atom is 0.144 e. The molecular formula is C19H28O2. The fourth-order valence-electron chi connectivity index (χ4n) is 4.96. The summed E-state index contributed by atoms with van der Waals surface area (Å²) in [6.45, 7) is 2.22. The molecule has 0 heterocycles. The number of hydrogen-bond donors (Lipinski definition) is 0. The summed E-state index contributed by atoms with van der Waals surface area (Å²) < 4.78 is 0. The summed E-state index contributed by atoms with van der Waals surface area (Å²) in [5, 5.41) is 0. The molecule has 0 aromatic rings. The van der Waals surface area contributed by atoms with Gasteiger partial charge in [-0.1, -0.05) is 44.8 Å². The van der Waals surface area contributed by atoms with E-state index in [2.05, 4.69) is 13.0 Å². The molecule has 0 saturated heterocycles. The van der Waals surface area contributed by atoms with E-state index in [1.807, 2.05) is 6.08 Å². The minimum Gasteiger partial charge on any atom is -0.299 e. The lowest BCUT2D eigenvalue weighted by Gasteiger charge is -2.45. The maximum atomic E-state index is 13.0. The van der Waals surface area contributed by atoms with E-state index in [1.54, 1.807) is 0 Å². The molecule has 0 aromatic carbocycles. The Morgan fingerprint density at radius 2 is 1.90 bits per heavy atom. The molecule has 0 aliphatic heterocycles. The first-order chi connectivity index (χ1) is 10.2. The van der Waals surface area contributed by atoms with Crippen molar-refractivity contribution in [1.29, 1.82) is 0 Å². The first-order valence-corrected chi connectivity index (χ1v) is 8.98. The van der Waals surface area contributed by atoms with Gasteiger partial charge in [0.1, 0.15) is 11.6 Å². The second-order valence-electron chi connectivity index (χ2n) is 7.26. The summed E-state index contributed by atoms with van der Waals surface area (Å²) in [6, 6.07) is 0. The van der Waals surface area contributed by atoms with E-state index < -0.39 is 0 Å². The zero-order chi connectivity index (χ0) is 14.8. The standard InChI is InChI=1S/C19H28O2/c1-2-3-4-8-13-9-7-12-16-17(13)19(21)15-11-6-5-10-14(15)18(16)20/h6,11,13-17H,2-5,7-10,12H2,1H3. The van der Waals surface area contributed by atoms with Crippen LogP contribution in [-0.4, -0.2) is 11.6 Å². The molecule has 2 heteroatoms. The second kappa shape index (κ2) is 6.46. The third-order valence-corrected chi connectivity index (χ3v) is 6.02. The van der Waals surface area contributed by atoms with Crippen molar-refractivity contribution in [2.24, 2.45) is 29.6 Å². The summed E-state index contributed by atoms with van der Waals surface area (Å²) in [5.41, 5.74) is 0. The number of unbranched alkanes of at least 4 members (excludes halogenated alkanes) is 2. The van der Waals surface area contributed by atoms with E-state index in [4.69, 9.17) is 0 Å². The van der Waals surface area contributed by atoms with Gasteiger partial charge in [0.25, 0.3) is 0 Å². The summed E-state index contributed by atoms with van der Waals surface area (Å²) in [4.78, 5) is 25.8. The van der Waals surface area contributed by atoms with Crippen molar-refractivity contribution >= 4 is 11.6 Å². The highest BCUT2D eigenvalue weighted by Crippen LogP contribution is 2.47. The Morgan fingerprint density at radius 1 is 1.05 bits per heavy atom. The van der Waals surface area contributed by atoms with Crippen LogP contribution in [0.4, 0.5) is 0 Å². The van der Waals surface area contributed by atoms with Gasteiger partial charge in [-0.15, -0.1) is 0 Å². The number of hydrogen-bond acceptors (Lipinski definition) is 2. The molecule has 0 aromatic heterocycles. The summed E-state index contributed by atoms with van der Waals surface area (Å²) in [5.74, 6) is 1.34. The molecule has 116 valence electrons. The van der Waals surface area contributed by atoms with Crippen LogP contribution in [0.2, 0.25) is 0 Å². The smallest absolute Gasteiger partial charge is 0.144 e. The Hall–Kier alpha value is -0.920. The molecule has 3 rings (SSSR count). The highest BCUT2D eigenvalue weighted by molar-refractivity contribution is 6.00. The van der Waals surface area contributed by atoms with Crippen molar-refractivity contribution in [2.45, 2.75) is 64.7 Å². The molecule has 3 aliphatic rings. The van der Waals surface area contributed by atoms with Gasteiger partial charge < -0.3 is 0 Å². The van der Waals surface area contributed by atoms with Gasteiger partial charge in [0.05, 0.1) is 0 Å². The number of carbonyl (C=O) groups excluding carboxylic acids is 2. The molecule has 0 N–H and O–H groups in total. The van der Waals surface area contributed by atoms with Crippen LogP contribution in [0.5, 0.6) is 0 Å². The first-order valence-electron chi connectivity index (χ1n) is 8.98. The van der Waals surface area contributed by atoms with Crippen molar-refractivity contribution in [2.75, 3.05) is 0 Å². The van der Waals surface area contributed by atoms with Crippen LogP contribution in [0.25, 0.3) is 0 Å². The fraction of sp³-hybridized carbons (Fsp3) is 0.789. The van der Waals surface area contributed by atoms with Crippen molar-refractivity contribution in [1.82, 2.24) is 0 Å². The molecule has 0 spiro atoms. The third kappa shape index (κ3) is 2.74. The molecule has 3 aliphatic carbocycles. The zero-order valence-corrected chi connectivity index (χ0v) is 13.2. The lowest BCUT2D eigenvalue weighted by molar-refractivity contribution is -0.150. The Bertz CT molecular complexity index is 437. The van der Waals surface area contributed by atoms with Crippen LogP contribution in [0.1, 0.15) is 64.7 Å². The minimum absolute atomic E-state index is 0.0122. The molecule has 2 saturated carbocycles. The largest absolute Gasteiger partial charge is 0.299 e. The molecule has 2 fully saturated rings.